The molecular formula is C19H23N3O2. The quantitative estimate of drug-likeness (QED) is 0.887. The Bertz CT molecular complexity index is 669. The van der Waals surface area contributed by atoms with Crippen LogP contribution >= 0.6 is 0 Å². The highest BCUT2D eigenvalue weighted by atomic mass is 16.5. The zero-order chi connectivity index (χ0) is 16.8. The Morgan fingerprint density at radius 2 is 2.12 bits per heavy atom. The van der Waals surface area contributed by atoms with Crippen molar-refractivity contribution < 1.29 is 9.53 Å². The van der Waals surface area contributed by atoms with Crippen LogP contribution in [0.3, 0.4) is 0 Å². The summed E-state index contributed by atoms with van der Waals surface area (Å²) in [4.78, 5) is 18.7. The van der Waals surface area contributed by atoms with Crippen molar-refractivity contribution >= 4 is 11.7 Å². The van der Waals surface area contributed by atoms with E-state index < -0.39 is 0 Å². The highest BCUT2D eigenvalue weighted by Gasteiger charge is 2.23. The number of hydrogen-bond acceptors (Lipinski definition) is 4. The highest BCUT2D eigenvalue weighted by molar-refractivity contribution is 5.81. The van der Waals surface area contributed by atoms with Crippen LogP contribution in [0.2, 0.25) is 0 Å². The van der Waals surface area contributed by atoms with Crippen molar-refractivity contribution in [2.45, 2.75) is 32.0 Å². The number of benzene rings is 1. The van der Waals surface area contributed by atoms with E-state index in [4.69, 9.17) is 4.74 Å². The zero-order valence-electron chi connectivity index (χ0n) is 13.9. The summed E-state index contributed by atoms with van der Waals surface area (Å²) in [6.45, 7) is 1.90. The number of nitrogens with zero attached hydrogens (tertiary/aromatic N) is 2. The lowest BCUT2D eigenvalue weighted by atomic mass is 10.2. The summed E-state index contributed by atoms with van der Waals surface area (Å²) < 4.78 is 5.42. The number of ether oxygens (including phenoxy) is 1. The van der Waals surface area contributed by atoms with Gasteiger partial charge in [0.25, 0.3) is 0 Å². The second-order valence-electron chi connectivity index (χ2n) is 6.05. The average Bonchev–Trinajstić information content (AvgIpc) is 3.15. The van der Waals surface area contributed by atoms with Gasteiger partial charge in [0.1, 0.15) is 11.9 Å². The van der Waals surface area contributed by atoms with Gasteiger partial charge in [0.05, 0.1) is 0 Å². The summed E-state index contributed by atoms with van der Waals surface area (Å²) in [6.07, 6.45) is 3.24. The van der Waals surface area contributed by atoms with Crippen LogP contribution in [0.4, 0.5) is 5.82 Å². The Morgan fingerprint density at radius 3 is 2.88 bits per heavy atom. The molecule has 1 amide bonds. The molecule has 1 atom stereocenters. The molecule has 1 N–H and O–H groups in total. The lowest BCUT2D eigenvalue weighted by Crippen LogP contribution is -2.34. The van der Waals surface area contributed by atoms with E-state index in [1.54, 1.807) is 6.20 Å². The van der Waals surface area contributed by atoms with Crippen LogP contribution in [-0.2, 0) is 22.6 Å². The number of carbonyl (C=O) groups is 1. The molecule has 2 heterocycles. The molecule has 0 bridgehead atoms. The monoisotopic (exact) mass is 325 g/mol. The van der Waals surface area contributed by atoms with Crippen LogP contribution in [0.1, 0.15) is 24.0 Å². The Hall–Kier alpha value is -2.40. The molecule has 2 aromatic rings. The van der Waals surface area contributed by atoms with Crippen molar-refractivity contribution in [1.29, 1.82) is 0 Å². The number of aromatic nitrogens is 1. The maximum atomic E-state index is 12.1. The highest BCUT2D eigenvalue weighted by Crippen LogP contribution is 2.18. The van der Waals surface area contributed by atoms with Gasteiger partial charge in [-0.15, -0.1) is 0 Å². The van der Waals surface area contributed by atoms with E-state index in [1.807, 2.05) is 37.4 Å². The van der Waals surface area contributed by atoms with Gasteiger partial charge in [0.2, 0.25) is 5.91 Å². The molecule has 1 fully saturated rings. The Kier molecular flexibility index (Phi) is 5.43. The summed E-state index contributed by atoms with van der Waals surface area (Å²) in [5.74, 6) is 0.849. The van der Waals surface area contributed by atoms with Gasteiger partial charge in [-0.1, -0.05) is 36.4 Å². The number of hydrogen-bond donors (Lipinski definition) is 1. The van der Waals surface area contributed by atoms with Crippen molar-refractivity contribution in [2.75, 3.05) is 18.6 Å². The minimum Gasteiger partial charge on any atom is -0.368 e. The molecule has 1 aromatic carbocycles. The van der Waals surface area contributed by atoms with Crippen molar-refractivity contribution in [2.24, 2.45) is 0 Å². The van der Waals surface area contributed by atoms with E-state index in [9.17, 15) is 4.79 Å². The van der Waals surface area contributed by atoms with Gasteiger partial charge in [-0.25, -0.2) is 4.98 Å². The first-order chi connectivity index (χ1) is 11.7. The molecule has 126 valence electrons. The van der Waals surface area contributed by atoms with Gasteiger partial charge in [-0.05, 0) is 24.5 Å². The molecule has 0 radical (unpaired) electrons. The molecule has 5 heteroatoms. The lowest BCUT2D eigenvalue weighted by Gasteiger charge is -2.21. The molecule has 1 aliphatic rings. The first kappa shape index (κ1) is 16.5. The molecule has 3 rings (SSSR count). The van der Waals surface area contributed by atoms with Crippen LogP contribution in [0, 0.1) is 0 Å². The molecule has 24 heavy (non-hydrogen) atoms. The maximum absolute atomic E-state index is 12.1. The molecule has 0 spiro atoms. The summed E-state index contributed by atoms with van der Waals surface area (Å²) in [6, 6.07) is 14.2. The summed E-state index contributed by atoms with van der Waals surface area (Å²) >= 11 is 0. The number of anilines is 1. The number of carbonyl (C=O) groups excluding carboxylic acids is 1. The normalized spacial score (nSPS) is 16.8. The summed E-state index contributed by atoms with van der Waals surface area (Å²) in [5, 5.41) is 2.97. The van der Waals surface area contributed by atoms with Crippen molar-refractivity contribution in [3.05, 3.63) is 59.8 Å². The smallest absolute Gasteiger partial charge is 0.249 e. The van der Waals surface area contributed by atoms with Crippen LogP contribution in [0.25, 0.3) is 0 Å². The van der Waals surface area contributed by atoms with Crippen molar-refractivity contribution in [1.82, 2.24) is 10.3 Å². The van der Waals surface area contributed by atoms with Crippen LogP contribution < -0.4 is 10.2 Å². The molecular weight excluding hydrogens is 302 g/mol. The molecule has 1 aromatic heterocycles. The Balaban J connectivity index is 1.64. The Labute approximate surface area is 142 Å². The fourth-order valence-corrected chi connectivity index (χ4v) is 2.92. The van der Waals surface area contributed by atoms with E-state index >= 15 is 0 Å². The largest absolute Gasteiger partial charge is 0.368 e. The van der Waals surface area contributed by atoms with E-state index in [-0.39, 0.29) is 12.0 Å². The average molecular weight is 325 g/mol. The first-order valence-corrected chi connectivity index (χ1v) is 8.32. The van der Waals surface area contributed by atoms with Gasteiger partial charge >= 0.3 is 0 Å². The molecule has 1 saturated heterocycles. The second kappa shape index (κ2) is 7.93. The predicted molar refractivity (Wildman–Crippen MR) is 93.6 cm³/mol. The van der Waals surface area contributed by atoms with Crippen molar-refractivity contribution in [3.63, 3.8) is 0 Å². The molecule has 0 aliphatic carbocycles. The molecule has 1 aliphatic heterocycles. The summed E-state index contributed by atoms with van der Waals surface area (Å²) in [5.41, 5.74) is 2.22. The third kappa shape index (κ3) is 4.11. The number of rotatable bonds is 6. The maximum Gasteiger partial charge on any atom is 0.249 e. The topological polar surface area (TPSA) is 54.5 Å². The molecule has 0 unspecified atom stereocenters. The number of nitrogens with one attached hydrogen (secondary N) is 1. The Morgan fingerprint density at radius 1 is 1.29 bits per heavy atom. The summed E-state index contributed by atoms with van der Waals surface area (Å²) in [7, 11) is 2.01. The fraction of sp³-hybridized carbons (Fsp3) is 0.368. The minimum absolute atomic E-state index is 0.0342. The van der Waals surface area contributed by atoms with Gasteiger partial charge in [0.15, 0.2) is 0 Å². The van der Waals surface area contributed by atoms with Crippen molar-refractivity contribution in [3.8, 4) is 0 Å². The third-order valence-corrected chi connectivity index (χ3v) is 4.17. The van der Waals surface area contributed by atoms with E-state index in [1.165, 1.54) is 5.56 Å². The predicted octanol–water partition coefficient (Wildman–Crippen LogP) is 2.51. The van der Waals surface area contributed by atoms with E-state index in [2.05, 4.69) is 27.3 Å². The molecule has 5 nitrogen and oxygen atoms in total. The van der Waals surface area contributed by atoms with Crippen LogP contribution in [0.5, 0.6) is 0 Å². The minimum atomic E-state index is -0.299. The standard InChI is InChI=1S/C19H23N3O2/c1-22(14-15-7-3-2-4-8-15)18-16(9-5-11-20-18)13-21-19(23)17-10-6-12-24-17/h2-5,7-9,11,17H,6,10,12-14H2,1H3,(H,21,23)/t17-/m0/s1. The fourth-order valence-electron chi connectivity index (χ4n) is 2.92. The van der Waals surface area contributed by atoms with Crippen LogP contribution in [-0.4, -0.2) is 30.6 Å². The molecule has 0 saturated carbocycles. The van der Waals surface area contributed by atoms with Gasteiger partial charge in [0, 0.05) is 38.5 Å². The number of amides is 1. The second-order valence-corrected chi connectivity index (χ2v) is 6.05. The van der Waals surface area contributed by atoms with Gasteiger partial charge < -0.3 is 15.0 Å². The van der Waals surface area contributed by atoms with E-state index in [0.29, 0.717) is 13.2 Å². The SMILES string of the molecule is CN(Cc1ccccc1)c1ncccc1CNC(=O)[C@@H]1CCCO1. The number of pyridine rings is 1. The lowest BCUT2D eigenvalue weighted by molar-refractivity contribution is -0.130. The van der Waals surface area contributed by atoms with E-state index in [0.717, 1.165) is 30.8 Å². The van der Waals surface area contributed by atoms with Crippen LogP contribution in [0.15, 0.2) is 48.7 Å². The first-order valence-electron chi connectivity index (χ1n) is 8.32. The third-order valence-electron chi connectivity index (χ3n) is 4.17. The zero-order valence-corrected chi connectivity index (χ0v) is 13.9. The van der Waals surface area contributed by atoms with Gasteiger partial charge in [-0.2, -0.15) is 0 Å². The van der Waals surface area contributed by atoms with Gasteiger partial charge in [-0.3, -0.25) is 4.79 Å².